The molecule has 2 saturated carbocycles. The van der Waals surface area contributed by atoms with E-state index in [0.717, 1.165) is 44.1 Å². The monoisotopic (exact) mass is 358 g/mol. The maximum absolute atomic E-state index is 12.5. The van der Waals surface area contributed by atoms with E-state index in [9.17, 15) is 19.5 Å². The van der Waals surface area contributed by atoms with Crippen molar-refractivity contribution >= 4 is 17.8 Å². The number of carbonyl (C=O) groups is 3. The summed E-state index contributed by atoms with van der Waals surface area (Å²) in [6, 6.07) is 6.48. The van der Waals surface area contributed by atoms with Crippen molar-refractivity contribution in [2.24, 2.45) is 11.8 Å². The third-order valence-electron chi connectivity index (χ3n) is 5.64. The van der Waals surface area contributed by atoms with Gasteiger partial charge < -0.3 is 15.7 Å². The number of hydrogen-bond acceptors (Lipinski definition) is 3. The third kappa shape index (κ3) is 4.06. The van der Waals surface area contributed by atoms with Crippen LogP contribution >= 0.6 is 0 Å². The Balaban J connectivity index is 1.59. The predicted molar refractivity (Wildman–Crippen MR) is 96.8 cm³/mol. The van der Waals surface area contributed by atoms with E-state index in [1.807, 2.05) is 12.1 Å². The van der Waals surface area contributed by atoms with Crippen LogP contribution in [0.15, 0.2) is 24.3 Å². The quantitative estimate of drug-likeness (QED) is 0.727. The highest BCUT2D eigenvalue weighted by Crippen LogP contribution is 2.47. The average molecular weight is 358 g/mol. The fourth-order valence-electron chi connectivity index (χ4n) is 3.99. The standard InChI is InChI=1S/C20H26N2O4/c1-21-18(23)14-9-7-12(8-10-14)15-11-16(15)19(24)22-17(20(25)26)13-5-3-2-4-6-13/h7-10,13,15-17H,2-6,11H2,1H3,(H,21,23)(H,22,24)(H,25,26). The molecule has 3 N–H and O–H groups in total. The molecule has 6 nitrogen and oxygen atoms in total. The zero-order chi connectivity index (χ0) is 18.7. The van der Waals surface area contributed by atoms with Crippen molar-refractivity contribution < 1.29 is 19.5 Å². The molecule has 0 bridgehead atoms. The van der Waals surface area contributed by atoms with Crippen molar-refractivity contribution in [2.75, 3.05) is 7.05 Å². The predicted octanol–water partition coefficient (Wildman–Crippen LogP) is 2.30. The molecule has 2 amide bonds. The Kier molecular flexibility index (Phi) is 5.59. The maximum atomic E-state index is 12.5. The lowest BCUT2D eigenvalue weighted by Gasteiger charge is -2.28. The highest BCUT2D eigenvalue weighted by Gasteiger charge is 2.45. The first kappa shape index (κ1) is 18.4. The third-order valence-corrected chi connectivity index (χ3v) is 5.64. The van der Waals surface area contributed by atoms with Gasteiger partial charge in [0, 0.05) is 18.5 Å². The molecular formula is C20H26N2O4. The van der Waals surface area contributed by atoms with Gasteiger partial charge in [0.05, 0.1) is 0 Å². The summed E-state index contributed by atoms with van der Waals surface area (Å²) in [7, 11) is 1.59. The lowest BCUT2D eigenvalue weighted by Crippen LogP contribution is -2.47. The van der Waals surface area contributed by atoms with Gasteiger partial charge in [-0.05, 0) is 48.8 Å². The van der Waals surface area contributed by atoms with E-state index in [1.54, 1.807) is 19.2 Å². The summed E-state index contributed by atoms with van der Waals surface area (Å²) in [4.78, 5) is 35.7. The number of carboxylic acid groups (broad SMARTS) is 1. The smallest absolute Gasteiger partial charge is 0.326 e. The number of carbonyl (C=O) groups excluding carboxylic acids is 2. The first-order valence-corrected chi connectivity index (χ1v) is 9.36. The van der Waals surface area contributed by atoms with Gasteiger partial charge in [-0.3, -0.25) is 9.59 Å². The Bertz CT molecular complexity index is 680. The largest absolute Gasteiger partial charge is 0.480 e. The molecule has 0 spiro atoms. The lowest BCUT2D eigenvalue weighted by atomic mass is 9.84. The van der Waals surface area contributed by atoms with Crippen molar-refractivity contribution in [3.05, 3.63) is 35.4 Å². The van der Waals surface area contributed by atoms with E-state index in [4.69, 9.17) is 0 Å². The molecule has 0 radical (unpaired) electrons. The van der Waals surface area contributed by atoms with Gasteiger partial charge in [0.1, 0.15) is 6.04 Å². The van der Waals surface area contributed by atoms with Crippen LogP contribution in [-0.4, -0.2) is 36.0 Å². The molecule has 140 valence electrons. The molecule has 2 aliphatic rings. The van der Waals surface area contributed by atoms with Crippen LogP contribution in [0.5, 0.6) is 0 Å². The van der Waals surface area contributed by atoms with E-state index in [-0.39, 0.29) is 29.6 Å². The van der Waals surface area contributed by atoms with Crippen LogP contribution in [0.25, 0.3) is 0 Å². The van der Waals surface area contributed by atoms with E-state index >= 15 is 0 Å². The first-order valence-electron chi connectivity index (χ1n) is 9.36. The van der Waals surface area contributed by atoms with Gasteiger partial charge in [0.15, 0.2) is 0 Å². The van der Waals surface area contributed by atoms with Crippen LogP contribution in [0, 0.1) is 11.8 Å². The van der Waals surface area contributed by atoms with E-state index in [2.05, 4.69) is 10.6 Å². The highest BCUT2D eigenvalue weighted by molar-refractivity contribution is 5.94. The Labute approximate surface area is 153 Å². The lowest BCUT2D eigenvalue weighted by molar-refractivity contribution is -0.144. The summed E-state index contributed by atoms with van der Waals surface area (Å²) in [6.07, 6.45) is 5.68. The van der Waals surface area contributed by atoms with Crippen LogP contribution in [0.2, 0.25) is 0 Å². The number of rotatable bonds is 6. The van der Waals surface area contributed by atoms with E-state index in [1.165, 1.54) is 0 Å². The summed E-state index contributed by atoms with van der Waals surface area (Å²) in [5.74, 6) is -1.27. The number of nitrogens with one attached hydrogen (secondary N) is 2. The van der Waals surface area contributed by atoms with Gasteiger partial charge in [-0.1, -0.05) is 31.4 Å². The Morgan fingerprint density at radius 3 is 2.31 bits per heavy atom. The Hall–Kier alpha value is -2.37. The number of aliphatic carboxylic acids is 1. The molecule has 0 heterocycles. The van der Waals surface area contributed by atoms with Gasteiger partial charge >= 0.3 is 5.97 Å². The molecule has 2 aliphatic carbocycles. The zero-order valence-electron chi connectivity index (χ0n) is 15.0. The molecule has 0 saturated heterocycles. The molecule has 1 aromatic carbocycles. The minimum atomic E-state index is -0.933. The number of amides is 2. The van der Waals surface area contributed by atoms with E-state index in [0.29, 0.717) is 5.56 Å². The molecule has 2 fully saturated rings. The molecule has 3 rings (SSSR count). The van der Waals surface area contributed by atoms with Gasteiger partial charge in [0.25, 0.3) is 5.91 Å². The van der Waals surface area contributed by atoms with Crippen LogP contribution in [0.4, 0.5) is 0 Å². The zero-order valence-corrected chi connectivity index (χ0v) is 15.0. The van der Waals surface area contributed by atoms with Crippen LogP contribution < -0.4 is 10.6 Å². The Morgan fingerprint density at radius 2 is 1.73 bits per heavy atom. The topological polar surface area (TPSA) is 95.5 Å². The van der Waals surface area contributed by atoms with Gasteiger partial charge in [0.2, 0.25) is 5.91 Å². The SMILES string of the molecule is CNC(=O)c1ccc(C2CC2C(=O)NC(C(=O)O)C2CCCCC2)cc1. The molecule has 3 unspecified atom stereocenters. The van der Waals surface area contributed by atoms with Crippen molar-refractivity contribution in [1.82, 2.24) is 10.6 Å². The van der Waals surface area contributed by atoms with Crippen molar-refractivity contribution in [3.8, 4) is 0 Å². The fraction of sp³-hybridized carbons (Fsp3) is 0.550. The number of hydrogen-bond donors (Lipinski definition) is 3. The first-order chi connectivity index (χ1) is 12.5. The second-order valence-electron chi connectivity index (χ2n) is 7.37. The van der Waals surface area contributed by atoms with Gasteiger partial charge in [-0.2, -0.15) is 0 Å². The molecule has 26 heavy (non-hydrogen) atoms. The summed E-state index contributed by atoms with van der Waals surface area (Å²) in [6.45, 7) is 0. The van der Waals surface area contributed by atoms with E-state index < -0.39 is 12.0 Å². The minimum Gasteiger partial charge on any atom is -0.480 e. The molecule has 1 aromatic rings. The maximum Gasteiger partial charge on any atom is 0.326 e. The van der Waals surface area contributed by atoms with Crippen LogP contribution in [0.1, 0.15) is 60.4 Å². The summed E-state index contributed by atoms with van der Waals surface area (Å²) < 4.78 is 0. The van der Waals surface area contributed by atoms with Crippen LogP contribution in [0.3, 0.4) is 0 Å². The van der Waals surface area contributed by atoms with Crippen molar-refractivity contribution in [1.29, 1.82) is 0 Å². The molecule has 0 aromatic heterocycles. The summed E-state index contributed by atoms with van der Waals surface area (Å²) >= 11 is 0. The number of benzene rings is 1. The minimum absolute atomic E-state index is 0.0363. The molecule has 0 aliphatic heterocycles. The van der Waals surface area contributed by atoms with Crippen LogP contribution in [-0.2, 0) is 9.59 Å². The summed E-state index contributed by atoms with van der Waals surface area (Å²) in [5.41, 5.74) is 1.60. The average Bonchev–Trinajstić information content (AvgIpc) is 3.47. The van der Waals surface area contributed by atoms with Gasteiger partial charge in [-0.25, -0.2) is 4.79 Å². The van der Waals surface area contributed by atoms with Crippen molar-refractivity contribution in [2.45, 2.75) is 50.5 Å². The number of carboxylic acids is 1. The second kappa shape index (κ2) is 7.89. The van der Waals surface area contributed by atoms with Gasteiger partial charge in [-0.15, -0.1) is 0 Å². The van der Waals surface area contributed by atoms with Crippen molar-refractivity contribution in [3.63, 3.8) is 0 Å². The normalized spacial score (nSPS) is 23.7. The fourth-order valence-corrected chi connectivity index (χ4v) is 3.99. The highest BCUT2D eigenvalue weighted by atomic mass is 16.4. The molecule has 6 heteroatoms. The second-order valence-corrected chi connectivity index (χ2v) is 7.37. The molecular weight excluding hydrogens is 332 g/mol. The molecule has 3 atom stereocenters. The Morgan fingerprint density at radius 1 is 1.08 bits per heavy atom. The summed E-state index contributed by atoms with van der Waals surface area (Å²) in [5, 5.41) is 14.9.